The average molecular weight is 398 g/mol. The third-order valence-corrected chi connectivity index (χ3v) is 6.61. The summed E-state index contributed by atoms with van der Waals surface area (Å²) in [4.78, 5) is 4.59. The van der Waals surface area contributed by atoms with E-state index in [0.29, 0.717) is 5.56 Å². The molecule has 2 heteroatoms. The molecule has 0 fully saturated rings. The van der Waals surface area contributed by atoms with E-state index in [1.54, 1.807) is 12.3 Å². The molecule has 0 unspecified atom stereocenters. The Morgan fingerprint density at radius 2 is 1.72 bits per heavy atom. The minimum atomic E-state index is -2.22. The normalized spacial score (nSPS) is 14.4. The number of nitrogens with zero attached hydrogens (tertiary/aromatic N) is 1. The van der Waals surface area contributed by atoms with Crippen molar-refractivity contribution in [3.63, 3.8) is 0 Å². The van der Waals surface area contributed by atoms with E-state index in [9.17, 15) is 0 Å². The molecule has 29 heavy (non-hydrogen) atoms. The molecule has 0 amide bonds. The second kappa shape index (κ2) is 7.13. The maximum absolute atomic E-state index is 8.40. The lowest BCUT2D eigenvalue weighted by molar-refractivity contribution is 0.864. The number of hydrogen-bond acceptors (Lipinski definition) is 2. The highest BCUT2D eigenvalue weighted by atomic mass is 32.1. The number of hydrogen-bond donors (Lipinski definition) is 0. The Hall–Kier alpha value is -2.97. The van der Waals surface area contributed by atoms with E-state index in [1.165, 1.54) is 11.3 Å². The first kappa shape index (κ1) is 14.1. The van der Waals surface area contributed by atoms with Crippen molar-refractivity contribution < 1.29 is 5.48 Å². The topological polar surface area (TPSA) is 12.9 Å². The maximum Gasteiger partial charge on any atom is 0.0719 e. The molecule has 2 heterocycles. The summed E-state index contributed by atoms with van der Waals surface area (Å²) >= 11 is 1.51. The molecule has 0 spiro atoms. The lowest BCUT2D eigenvalue weighted by Crippen LogP contribution is -1.90. The van der Waals surface area contributed by atoms with Crippen LogP contribution in [0.3, 0.4) is 0 Å². The van der Waals surface area contributed by atoms with E-state index < -0.39 is 12.7 Å². The van der Waals surface area contributed by atoms with Crippen molar-refractivity contribution >= 4 is 31.5 Å². The highest BCUT2D eigenvalue weighted by Crippen LogP contribution is 2.42. The predicted octanol–water partition coefficient (Wildman–Crippen LogP) is 8.22. The summed E-state index contributed by atoms with van der Waals surface area (Å²) in [7, 11) is 0. The molecular formula is C27H23NS. The summed E-state index contributed by atoms with van der Waals surface area (Å²) in [5.41, 5.74) is 4.91. The fourth-order valence-corrected chi connectivity index (χ4v) is 5.01. The zero-order valence-corrected chi connectivity index (χ0v) is 17.2. The maximum atomic E-state index is 8.40. The van der Waals surface area contributed by atoms with Crippen molar-refractivity contribution in [2.24, 2.45) is 0 Å². The molecule has 0 saturated carbocycles. The molecule has 0 aliphatic heterocycles. The molecule has 0 bridgehead atoms. The molecule has 2 aromatic heterocycles. The monoisotopic (exact) mass is 397 g/mol. The zero-order valence-electron chi connectivity index (χ0n) is 20.4. The third kappa shape index (κ3) is 3.14. The van der Waals surface area contributed by atoms with E-state index in [-0.39, 0.29) is 0 Å². The van der Waals surface area contributed by atoms with Gasteiger partial charge in [-0.2, -0.15) is 0 Å². The van der Waals surface area contributed by atoms with Crippen LogP contribution in [0.1, 0.15) is 36.4 Å². The van der Waals surface area contributed by atoms with Crippen LogP contribution in [0.2, 0.25) is 0 Å². The smallest absolute Gasteiger partial charge is 0.0719 e. The third-order valence-electron chi connectivity index (χ3n) is 5.32. The number of thiophene rings is 1. The van der Waals surface area contributed by atoms with Gasteiger partial charge in [0, 0.05) is 37.4 Å². The van der Waals surface area contributed by atoms with E-state index in [2.05, 4.69) is 11.1 Å². The highest BCUT2D eigenvalue weighted by Gasteiger charge is 2.14. The quantitative estimate of drug-likeness (QED) is 0.299. The molecule has 5 rings (SSSR count). The molecule has 0 atom stereocenters. The van der Waals surface area contributed by atoms with Crippen LogP contribution in [-0.4, -0.2) is 4.98 Å². The Balaban J connectivity index is 1.82. The molecule has 5 aromatic rings. The Kier molecular flexibility index (Phi) is 3.46. The first-order valence-corrected chi connectivity index (χ1v) is 10.5. The van der Waals surface area contributed by atoms with E-state index in [0.717, 1.165) is 48.1 Å². The predicted molar refractivity (Wildman–Crippen MR) is 127 cm³/mol. The fourth-order valence-electron chi connectivity index (χ4n) is 3.79. The van der Waals surface area contributed by atoms with Gasteiger partial charge in [0.2, 0.25) is 0 Å². The van der Waals surface area contributed by atoms with Gasteiger partial charge in [-0.3, -0.25) is 4.98 Å². The molecule has 3 aromatic carbocycles. The van der Waals surface area contributed by atoms with Crippen molar-refractivity contribution in [1.29, 1.82) is 0 Å². The standard InChI is InChI=1S/C27H23NS/c1-17(2)20-12-13-28-25(16-20)23-11-7-10-22-24-15-21(19-8-5-4-6-9-19)14-18(3)26(24)29-27(22)23/h4-17H,1-3H3/i3D3,17D. The second-order valence-electron chi connectivity index (χ2n) is 7.48. The minimum Gasteiger partial charge on any atom is -0.256 e. The molecule has 0 aliphatic carbocycles. The Labute approximate surface area is 181 Å². The second-order valence-corrected chi connectivity index (χ2v) is 8.50. The van der Waals surface area contributed by atoms with Gasteiger partial charge < -0.3 is 0 Å². The van der Waals surface area contributed by atoms with Gasteiger partial charge in [0.15, 0.2) is 0 Å². The SMILES string of the molecule is [2H]C([2H])([2H])c1cc(-c2ccccc2)cc2c1sc1c(-c3cc(C([2H])(C)C)ccn3)cccc12. The van der Waals surface area contributed by atoms with Gasteiger partial charge in [-0.15, -0.1) is 11.3 Å². The zero-order chi connectivity index (χ0) is 23.4. The van der Waals surface area contributed by atoms with Crippen LogP contribution >= 0.6 is 11.3 Å². The molecule has 142 valence electrons. The highest BCUT2D eigenvalue weighted by molar-refractivity contribution is 7.26. The van der Waals surface area contributed by atoms with Crippen LogP contribution in [0.25, 0.3) is 42.6 Å². The van der Waals surface area contributed by atoms with Crippen LogP contribution in [-0.2, 0) is 0 Å². The molecular weight excluding hydrogens is 370 g/mol. The Morgan fingerprint density at radius 3 is 2.52 bits per heavy atom. The van der Waals surface area contributed by atoms with Gasteiger partial charge in [-0.05, 0) is 59.3 Å². The molecule has 0 radical (unpaired) electrons. The summed E-state index contributed by atoms with van der Waals surface area (Å²) in [5.74, 6) is -0.731. The van der Waals surface area contributed by atoms with E-state index >= 15 is 0 Å². The Morgan fingerprint density at radius 1 is 0.862 bits per heavy atom. The average Bonchev–Trinajstić information content (AvgIpc) is 3.16. The van der Waals surface area contributed by atoms with Gasteiger partial charge in [-0.1, -0.05) is 62.4 Å². The number of aryl methyl sites for hydroxylation is 1. The minimum absolute atomic E-state index is 0.375. The lowest BCUT2D eigenvalue weighted by atomic mass is 9.98. The van der Waals surface area contributed by atoms with Gasteiger partial charge in [0.05, 0.1) is 5.69 Å². The van der Waals surface area contributed by atoms with Gasteiger partial charge in [0.25, 0.3) is 0 Å². The fraction of sp³-hybridized carbons (Fsp3) is 0.148. The van der Waals surface area contributed by atoms with Crippen molar-refractivity contribution in [3.8, 4) is 22.4 Å². The summed E-state index contributed by atoms with van der Waals surface area (Å²) < 4.78 is 34.8. The number of fused-ring (bicyclic) bond motifs is 3. The van der Waals surface area contributed by atoms with Crippen LogP contribution in [0, 0.1) is 6.85 Å². The summed E-state index contributed by atoms with van der Waals surface area (Å²) in [5, 5.41) is 1.97. The van der Waals surface area contributed by atoms with Crippen LogP contribution < -0.4 is 0 Å². The number of benzene rings is 3. The van der Waals surface area contributed by atoms with Gasteiger partial charge in [-0.25, -0.2) is 0 Å². The van der Waals surface area contributed by atoms with Crippen molar-refractivity contribution in [1.82, 2.24) is 4.98 Å². The summed E-state index contributed by atoms with van der Waals surface area (Å²) in [6, 6.07) is 23.7. The van der Waals surface area contributed by atoms with Crippen LogP contribution in [0.4, 0.5) is 0 Å². The first-order valence-electron chi connectivity index (χ1n) is 11.6. The summed E-state index contributed by atoms with van der Waals surface area (Å²) in [6.07, 6.45) is 1.74. The van der Waals surface area contributed by atoms with E-state index in [1.807, 2.05) is 74.5 Å². The summed E-state index contributed by atoms with van der Waals surface area (Å²) in [6.45, 7) is 1.50. The Bertz CT molecular complexity index is 1480. The van der Waals surface area contributed by atoms with Crippen molar-refractivity contribution in [2.45, 2.75) is 26.6 Å². The first-order chi connectivity index (χ1) is 15.6. The van der Waals surface area contributed by atoms with Crippen LogP contribution in [0.5, 0.6) is 0 Å². The number of pyridine rings is 1. The van der Waals surface area contributed by atoms with Crippen LogP contribution in [0.15, 0.2) is 79.0 Å². The van der Waals surface area contributed by atoms with E-state index in [4.69, 9.17) is 5.48 Å². The molecule has 0 N–H and O–H groups in total. The van der Waals surface area contributed by atoms with Crippen molar-refractivity contribution in [2.75, 3.05) is 0 Å². The number of aromatic nitrogens is 1. The molecule has 0 aliphatic rings. The lowest BCUT2D eigenvalue weighted by Gasteiger charge is -2.08. The number of rotatable bonds is 3. The molecule has 0 saturated heterocycles. The van der Waals surface area contributed by atoms with Gasteiger partial charge >= 0.3 is 0 Å². The van der Waals surface area contributed by atoms with Gasteiger partial charge in [0.1, 0.15) is 0 Å². The molecule has 1 nitrogen and oxygen atoms in total. The largest absolute Gasteiger partial charge is 0.256 e. The van der Waals surface area contributed by atoms with Crippen molar-refractivity contribution in [3.05, 3.63) is 90.1 Å².